The Morgan fingerprint density at radius 1 is 0.963 bits per heavy atom. The maximum Gasteiger partial charge on any atom is 0.234 e. The molecule has 0 unspecified atom stereocenters. The summed E-state index contributed by atoms with van der Waals surface area (Å²) in [6.07, 6.45) is 4.09. The van der Waals surface area contributed by atoms with Gasteiger partial charge in [-0.15, -0.1) is 11.8 Å². The van der Waals surface area contributed by atoms with Gasteiger partial charge in [0.1, 0.15) is 5.82 Å². The first-order valence-electron chi connectivity index (χ1n) is 9.05. The third-order valence-corrected chi connectivity index (χ3v) is 5.20. The van der Waals surface area contributed by atoms with Crippen molar-refractivity contribution in [1.29, 1.82) is 0 Å². The number of thioether (sulfide) groups is 1. The highest BCUT2D eigenvalue weighted by Gasteiger charge is 2.13. The molecule has 2 amide bonds. The molecular weight excluding hydrogens is 360 g/mol. The molecule has 0 bridgehead atoms. The van der Waals surface area contributed by atoms with Gasteiger partial charge in [-0.25, -0.2) is 4.98 Å². The number of carbonyl (C=O) groups is 2. The zero-order valence-electron chi connectivity index (χ0n) is 15.4. The molecule has 0 spiro atoms. The molecule has 1 aliphatic heterocycles. The van der Waals surface area contributed by atoms with Crippen LogP contribution in [0.25, 0.3) is 0 Å². The van der Waals surface area contributed by atoms with E-state index in [2.05, 4.69) is 20.5 Å². The van der Waals surface area contributed by atoms with Crippen molar-refractivity contribution in [1.82, 2.24) is 4.98 Å². The van der Waals surface area contributed by atoms with Gasteiger partial charge in [-0.05, 0) is 44.0 Å². The number of carbonyl (C=O) groups excluding carboxylic acids is 2. The predicted octanol–water partition coefficient (Wildman–Crippen LogP) is 3.30. The van der Waals surface area contributed by atoms with Crippen molar-refractivity contribution >= 4 is 40.8 Å². The number of hydrogen-bond donors (Lipinski definition) is 2. The number of aromatic nitrogens is 1. The minimum atomic E-state index is -0.140. The van der Waals surface area contributed by atoms with Gasteiger partial charge in [0.2, 0.25) is 11.8 Å². The van der Waals surface area contributed by atoms with E-state index in [1.54, 1.807) is 6.20 Å². The van der Waals surface area contributed by atoms with Crippen molar-refractivity contribution in [3.8, 4) is 0 Å². The lowest BCUT2D eigenvalue weighted by molar-refractivity contribution is -0.114. The molecule has 6 nitrogen and oxygen atoms in total. The zero-order valence-corrected chi connectivity index (χ0v) is 16.2. The van der Waals surface area contributed by atoms with Crippen LogP contribution >= 0.6 is 11.8 Å². The molecule has 2 heterocycles. The molecule has 2 N–H and O–H groups in total. The molecule has 1 fully saturated rings. The maximum atomic E-state index is 12.0. The minimum absolute atomic E-state index is 0.117. The quantitative estimate of drug-likeness (QED) is 0.766. The van der Waals surface area contributed by atoms with Crippen molar-refractivity contribution in [2.75, 3.05) is 40.1 Å². The summed E-state index contributed by atoms with van der Waals surface area (Å²) < 4.78 is 0. The predicted molar refractivity (Wildman–Crippen MR) is 111 cm³/mol. The second kappa shape index (κ2) is 9.41. The molecule has 0 aliphatic carbocycles. The van der Waals surface area contributed by atoms with Crippen LogP contribution in [-0.4, -0.2) is 41.4 Å². The smallest absolute Gasteiger partial charge is 0.234 e. The van der Waals surface area contributed by atoms with Gasteiger partial charge in [-0.2, -0.15) is 0 Å². The Hall–Kier alpha value is -2.54. The van der Waals surface area contributed by atoms with E-state index in [4.69, 9.17) is 0 Å². The van der Waals surface area contributed by atoms with Gasteiger partial charge < -0.3 is 15.5 Å². The van der Waals surface area contributed by atoms with E-state index in [9.17, 15) is 9.59 Å². The molecule has 0 radical (unpaired) electrons. The summed E-state index contributed by atoms with van der Waals surface area (Å²) in [5, 5.41) is 5.64. The number of pyridine rings is 1. The van der Waals surface area contributed by atoms with Gasteiger partial charge in [0.25, 0.3) is 0 Å². The van der Waals surface area contributed by atoms with E-state index >= 15 is 0 Å². The lowest BCUT2D eigenvalue weighted by atomic mass is 10.2. The Kier molecular flexibility index (Phi) is 6.70. The summed E-state index contributed by atoms with van der Waals surface area (Å²) in [7, 11) is 0. The fourth-order valence-corrected chi connectivity index (χ4v) is 3.48. The second-order valence-corrected chi connectivity index (χ2v) is 7.54. The highest BCUT2D eigenvalue weighted by molar-refractivity contribution is 8.00. The fourth-order valence-electron chi connectivity index (χ4n) is 2.86. The Morgan fingerprint density at radius 3 is 2.15 bits per heavy atom. The average molecular weight is 385 g/mol. The molecule has 1 aliphatic rings. The number of hydrogen-bond acceptors (Lipinski definition) is 5. The fraction of sp³-hybridized carbons (Fsp3) is 0.350. The monoisotopic (exact) mass is 384 g/mol. The Morgan fingerprint density at radius 2 is 1.56 bits per heavy atom. The molecule has 0 atom stereocenters. The number of aryl methyl sites for hydroxylation is 1. The standard InChI is InChI=1S/C20H24N4O2S/c1-15-4-6-16(7-5-15)22-19(25)13-27-14-20(26)23-17-8-9-18(21-12-17)24-10-2-3-11-24/h4-9,12H,2-3,10-11,13-14H2,1H3,(H,22,25)(H,23,26). The van der Waals surface area contributed by atoms with E-state index in [0.29, 0.717) is 5.69 Å². The van der Waals surface area contributed by atoms with Crippen LogP contribution in [0.3, 0.4) is 0 Å². The van der Waals surface area contributed by atoms with E-state index < -0.39 is 0 Å². The van der Waals surface area contributed by atoms with Crippen molar-refractivity contribution < 1.29 is 9.59 Å². The summed E-state index contributed by atoms with van der Waals surface area (Å²) in [4.78, 5) is 30.6. The van der Waals surface area contributed by atoms with Crippen molar-refractivity contribution in [2.45, 2.75) is 19.8 Å². The lowest BCUT2D eigenvalue weighted by Crippen LogP contribution is -2.20. The van der Waals surface area contributed by atoms with Crippen LogP contribution in [-0.2, 0) is 9.59 Å². The van der Waals surface area contributed by atoms with Crippen LogP contribution in [0.1, 0.15) is 18.4 Å². The first-order chi connectivity index (χ1) is 13.1. The average Bonchev–Trinajstić information content (AvgIpc) is 3.19. The molecule has 142 valence electrons. The van der Waals surface area contributed by atoms with Crippen LogP contribution in [0, 0.1) is 6.92 Å². The molecular formula is C20H24N4O2S. The molecule has 7 heteroatoms. The largest absolute Gasteiger partial charge is 0.357 e. The van der Waals surface area contributed by atoms with E-state index in [1.807, 2.05) is 43.3 Å². The molecule has 3 rings (SSSR count). The molecule has 1 aromatic heterocycles. The van der Waals surface area contributed by atoms with Gasteiger partial charge in [0, 0.05) is 18.8 Å². The summed E-state index contributed by atoms with van der Waals surface area (Å²) in [5.74, 6) is 1.14. The van der Waals surface area contributed by atoms with Crippen molar-refractivity contribution in [3.63, 3.8) is 0 Å². The third kappa shape index (κ3) is 5.99. The number of benzene rings is 1. The number of anilines is 3. The summed E-state index contributed by atoms with van der Waals surface area (Å²) >= 11 is 1.28. The van der Waals surface area contributed by atoms with Gasteiger partial charge in [0.05, 0.1) is 23.4 Å². The summed E-state index contributed by atoms with van der Waals surface area (Å²) in [6, 6.07) is 11.4. The SMILES string of the molecule is Cc1ccc(NC(=O)CSCC(=O)Nc2ccc(N3CCCC3)nc2)cc1. The van der Waals surface area contributed by atoms with Crippen LogP contribution < -0.4 is 15.5 Å². The zero-order chi connectivity index (χ0) is 19.1. The van der Waals surface area contributed by atoms with Crippen LogP contribution in [0.15, 0.2) is 42.6 Å². The Labute approximate surface area is 163 Å². The van der Waals surface area contributed by atoms with Gasteiger partial charge in [-0.1, -0.05) is 17.7 Å². The first kappa shape index (κ1) is 19.2. The number of amides is 2. The lowest BCUT2D eigenvalue weighted by Gasteiger charge is -2.16. The van der Waals surface area contributed by atoms with Crippen LogP contribution in [0.2, 0.25) is 0 Å². The topological polar surface area (TPSA) is 74.3 Å². The third-order valence-electron chi connectivity index (χ3n) is 4.26. The maximum absolute atomic E-state index is 12.0. The summed E-state index contributed by atoms with van der Waals surface area (Å²) in [6.45, 7) is 4.08. The number of nitrogens with zero attached hydrogens (tertiary/aromatic N) is 2. The van der Waals surface area contributed by atoms with Crippen molar-refractivity contribution in [3.05, 3.63) is 48.2 Å². The Balaban J connectivity index is 1.37. The molecule has 2 aromatic rings. The molecule has 1 aromatic carbocycles. The number of rotatable bonds is 7. The molecule has 1 saturated heterocycles. The van der Waals surface area contributed by atoms with E-state index in [0.717, 1.165) is 30.2 Å². The normalized spacial score (nSPS) is 13.4. The van der Waals surface area contributed by atoms with E-state index in [1.165, 1.54) is 24.6 Å². The number of nitrogens with one attached hydrogen (secondary N) is 2. The molecule has 27 heavy (non-hydrogen) atoms. The Bertz CT molecular complexity index is 772. The van der Waals surface area contributed by atoms with Crippen LogP contribution in [0.4, 0.5) is 17.2 Å². The summed E-state index contributed by atoms with van der Waals surface area (Å²) in [5.41, 5.74) is 2.58. The van der Waals surface area contributed by atoms with E-state index in [-0.39, 0.29) is 23.3 Å². The van der Waals surface area contributed by atoms with Crippen molar-refractivity contribution in [2.24, 2.45) is 0 Å². The first-order valence-corrected chi connectivity index (χ1v) is 10.2. The van der Waals surface area contributed by atoms with Gasteiger partial charge in [0.15, 0.2) is 0 Å². The van der Waals surface area contributed by atoms with Crippen LogP contribution in [0.5, 0.6) is 0 Å². The highest BCUT2D eigenvalue weighted by Crippen LogP contribution is 2.19. The van der Waals surface area contributed by atoms with Gasteiger partial charge >= 0.3 is 0 Å². The highest BCUT2D eigenvalue weighted by atomic mass is 32.2. The second-order valence-electron chi connectivity index (χ2n) is 6.55. The molecule has 0 saturated carbocycles. The van der Waals surface area contributed by atoms with Gasteiger partial charge in [-0.3, -0.25) is 9.59 Å². The minimum Gasteiger partial charge on any atom is -0.357 e.